The molecule has 1 fully saturated rings. The van der Waals surface area contributed by atoms with E-state index >= 15 is 0 Å². The molecule has 4 aromatic rings. The third-order valence-corrected chi connectivity index (χ3v) is 5.97. The second-order valence-corrected chi connectivity index (χ2v) is 8.21. The summed E-state index contributed by atoms with van der Waals surface area (Å²) >= 11 is 1.30. The van der Waals surface area contributed by atoms with Crippen molar-refractivity contribution in [1.29, 1.82) is 5.26 Å². The summed E-state index contributed by atoms with van der Waals surface area (Å²) in [5, 5.41) is 9.55. The Hall–Kier alpha value is -4.28. The summed E-state index contributed by atoms with van der Waals surface area (Å²) < 4.78 is 11.4. The van der Waals surface area contributed by atoms with Gasteiger partial charge in [-0.05, 0) is 72.4 Å². The minimum Gasteiger partial charge on any atom is -0.467 e. The van der Waals surface area contributed by atoms with Gasteiger partial charge < -0.3 is 8.83 Å². The van der Waals surface area contributed by atoms with Crippen LogP contribution < -0.4 is 0 Å². The lowest BCUT2D eigenvalue weighted by atomic mass is 10.1. The van der Waals surface area contributed by atoms with E-state index in [0.29, 0.717) is 32.9 Å². The lowest BCUT2D eigenvalue weighted by molar-refractivity contribution is -0.122. The van der Waals surface area contributed by atoms with Crippen molar-refractivity contribution in [2.45, 2.75) is 6.54 Å². The Balaban J connectivity index is 1.44. The number of amides is 1. The minimum atomic E-state index is -0.164. The second-order valence-electron chi connectivity index (χ2n) is 7.20. The van der Waals surface area contributed by atoms with E-state index in [1.54, 1.807) is 35.4 Å². The van der Waals surface area contributed by atoms with Crippen molar-refractivity contribution in [3.8, 4) is 17.4 Å². The topological polar surface area (TPSA) is 82.7 Å². The van der Waals surface area contributed by atoms with E-state index in [4.69, 9.17) is 14.1 Å². The maximum atomic E-state index is 13.2. The average Bonchev–Trinajstić information content (AvgIpc) is 3.59. The Labute approximate surface area is 194 Å². The SMILES string of the molecule is N#Cc1ccc(-c2ccc(/C=C3/SC(=Nc4ccccc4)N(Cc4ccco4)C3=O)o2)cc1. The Kier molecular flexibility index (Phi) is 5.66. The number of furan rings is 2. The first kappa shape index (κ1) is 20.6. The van der Waals surface area contributed by atoms with Crippen molar-refractivity contribution in [2.75, 3.05) is 0 Å². The van der Waals surface area contributed by atoms with Crippen LogP contribution in [-0.2, 0) is 11.3 Å². The highest BCUT2D eigenvalue weighted by Gasteiger charge is 2.34. The Morgan fingerprint density at radius 3 is 2.55 bits per heavy atom. The molecule has 0 aliphatic carbocycles. The van der Waals surface area contributed by atoms with Gasteiger partial charge in [0.25, 0.3) is 5.91 Å². The van der Waals surface area contributed by atoms with Gasteiger partial charge in [-0.3, -0.25) is 9.69 Å². The summed E-state index contributed by atoms with van der Waals surface area (Å²) in [6.45, 7) is 0.288. The van der Waals surface area contributed by atoms with E-state index < -0.39 is 0 Å². The molecule has 5 rings (SSSR count). The normalized spacial score (nSPS) is 16.0. The number of nitriles is 1. The molecule has 0 N–H and O–H groups in total. The minimum absolute atomic E-state index is 0.164. The highest BCUT2D eigenvalue weighted by atomic mass is 32.2. The first-order chi connectivity index (χ1) is 16.2. The first-order valence-corrected chi connectivity index (χ1v) is 11.0. The summed E-state index contributed by atoms with van der Waals surface area (Å²) in [5.41, 5.74) is 2.21. The third kappa shape index (κ3) is 4.52. The van der Waals surface area contributed by atoms with Crippen LogP contribution in [-0.4, -0.2) is 16.0 Å². The molecule has 0 radical (unpaired) electrons. The van der Waals surface area contributed by atoms with Crippen LogP contribution in [0.1, 0.15) is 17.1 Å². The summed E-state index contributed by atoms with van der Waals surface area (Å²) in [7, 11) is 0. The van der Waals surface area contributed by atoms with Gasteiger partial charge in [0.1, 0.15) is 17.3 Å². The number of carbonyl (C=O) groups excluding carboxylic acids is 1. The van der Waals surface area contributed by atoms with Gasteiger partial charge in [-0.25, -0.2) is 4.99 Å². The highest BCUT2D eigenvalue weighted by molar-refractivity contribution is 8.18. The van der Waals surface area contributed by atoms with Crippen molar-refractivity contribution < 1.29 is 13.6 Å². The van der Waals surface area contributed by atoms with Crippen LogP contribution in [0, 0.1) is 11.3 Å². The molecular weight excluding hydrogens is 434 g/mol. The molecular formula is C26H17N3O3S. The van der Waals surface area contributed by atoms with Crippen molar-refractivity contribution in [3.63, 3.8) is 0 Å². The summed E-state index contributed by atoms with van der Waals surface area (Å²) in [6.07, 6.45) is 3.31. The molecule has 1 amide bonds. The lowest BCUT2D eigenvalue weighted by Gasteiger charge is -2.13. The maximum Gasteiger partial charge on any atom is 0.267 e. The Bertz CT molecular complexity index is 1380. The van der Waals surface area contributed by atoms with Gasteiger partial charge in [-0.1, -0.05) is 18.2 Å². The van der Waals surface area contributed by atoms with Gasteiger partial charge >= 0.3 is 0 Å². The fourth-order valence-corrected chi connectivity index (χ4v) is 4.30. The number of nitrogens with zero attached hydrogens (tertiary/aromatic N) is 3. The number of benzene rings is 2. The Morgan fingerprint density at radius 1 is 1.00 bits per heavy atom. The van der Waals surface area contributed by atoms with E-state index in [9.17, 15) is 4.79 Å². The molecule has 1 saturated heterocycles. The number of hydrogen-bond donors (Lipinski definition) is 0. The smallest absolute Gasteiger partial charge is 0.267 e. The van der Waals surface area contributed by atoms with Crippen LogP contribution in [0.3, 0.4) is 0 Å². The average molecular weight is 452 g/mol. The molecule has 0 atom stereocenters. The van der Waals surface area contributed by atoms with Gasteiger partial charge in [0.05, 0.1) is 35.0 Å². The standard InChI is InChI=1S/C26H17N3O3S/c27-16-18-8-10-19(11-9-18)23-13-12-21(32-23)15-24-25(30)29(17-22-7-4-14-31-22)26(33-24)28-20-5-2-1-3-6-20/h1-15H,17H2/b24-15+,28-26?. The zero-order valence-corrected chi connectivity index (χ0v) is 18.2. The number of amidine groups is 1. The number of hydrogen-bond acceptors (Lipinski definition) is 6. The van der Waals surface area contributed by atoms with Crippen LogP contribution >= 0.6 is 11.8 Å². The molecule has 33 heavy (non-hydrogen) atoms. The van der Waals surface area contributed by atoms with Crippen LogP contribution in [0.15, 0.2) is 104 Å². The van der Waals surface area contributed by atoms with Gasteiger partial charge in [-0.15, -0.1) is 0 Å². The first-order valence-electron chi connectivity index (χ1n) is 10.2. The van der Waals surface area contributed by atoms with Gasteiger partial charge in [0.2, 0.25) is 0 Å². The van der Waals surface area contributed by atoms with Crippen LogP contribution in [0.4, 0.5) is 5.69 Å². The van der Waals surface area contributed by atoms with Crippen LogP contribution in [0.5, 0.6) is 0 Å². The fraction of sp³-hybridized carbons (Fsp3) is 0.0385. The predicted octanol–water partition coefficient (Wildman–Crippen LogP) is 6.22. The monoisotopic (exact) mass is 451 g/mol. The number of thioether (sulfide) groups is 1. The molecule has 7 heteroatoms. The zero-order chi connectivity index (χ0) is 22.6. The third-order valence-electron chi connectivity index (χ3n) is 4.96. The van der Waals surface area contributed by atoms with E-state index in [-0.39, 0.29) is 12.5 Å². The summed E-state index contributed by atoms with van der Waals surface area (Å²) in [6, 6.07) is 26.0. The number of rotatable bonds is 5. The number of para-hydroxylation sites is 1. The van der Waals surface area contributed by atoms with Gasteiger partial charge in [-0.2, -0.15) is 5.26 Å². The molecule has 0 spiro atoms. The molecule has 0 unspecified atom stereocenters. The van der Waals surface area contributed by atoms with Crippen LogP contribution in [0.25, 0.3) is 17.4 Å². The number of aliphatic imine (C=N–C) groups is 1. The molecule has 3 heterocycles. The second kappa shape index (κ2) is 9.07. The molecule has 0 saturated carbocycles. The quantitative estimate of drug-likeness (QED) is 0.337. The lowest BCUT2D eigenvalue weighted by Crippen LogP contribution is -2.28. The van der Waals surface area contributed by atoms with Crippen molar-refractivity contribution in [3.05, 3.63) is 107 Å². The highest BCUT2D eigenvalue weighted by Crippen LogP contribution is 2.36. The van der Waals surface area contributed by atoms with E-state index in [0.717, 1.165) is 11.3 Å². The molecule has 1 aliphatic heterocycles. The predicted molar refractivity (Wildman–Crippen MR) is 127 cm³/mol. The van der Waals surface area contributed by atoms with E-state index in [1.165, 1.54) is 11.8 Å². The van der Waals surface area contributed by atoms with Crippen LogP contribution in [0.2, 0.25) is 0 Å². The zero-order valence-electron chi connectivity index (χ0n) is 17.3. The summed E-state index contributed by atoms with van der Waals surface area (Å²) in [5.74, 6) is 1.73. The Morgan fingerprint density at radius 2 is 1.82 bits per heavy atom. The van der Waals surface area contributed by atoms with Gasteiger partial charge in [0, 0.05) is 11.6 Å². The van der Waals surface area contributed by atoms with Crippen molar-refractivity contribution in [1.82, 2.24) is 4.90 Å². The molecule has 2 aromatic carbocycles. The van der Waals surface area contributed by atoms with E-state index in [2.05, 4.69) is 11.1 Å². The molecule has 160 valence electrons. The molecule has 0 bridgehead atoms. The molecule has 6 nitrogen and oxygen atoms in total. The molecule has 1 aliphatic rings. The van der Waals surface area contributed by atoms with Crippen molar-refractivity contribution in [2.24, 2.45) is 4.99 Å². The van der Waals surface area contributed by atoms with E-state index in [1.807, 2.05) is 60.7 Å². The fourth-order valence-electron chi connectivity index (χ4n) is 3.33. The van der Waals surface area contributed by atoms with Gasteiger partial charge in [0.15, 0.2) is 5.17 Å². The molecule has 2 aromatic heterocycles. The summed E-state index contributed by atoms with van der Waals surface area (Å²) in [4.78, 5) is 20.0. The maximum absolute atomic E-state index is 13.2. The number of carbonyl (C=O) groups is 1. The largest absolute Gasteiger partial charge is 0.467 e. The van der Waals surface area contributed by atoms with Crippen molar-refractivity contribution >= 4 is 34.6 Å².